The minimum Gasteiger partial charge on any atom is -0.465 e. The van der Waals surface area contributed by atoms with Crippen LogP contribution in [0.3, 0.4) is 0 Å². The van der Waals surface area contributed by atoms with Crippen molar-refractivity contribution in [3.63, 3.8) is 0 Å². The number of methoxy groups -OCH3 is 1. The monoisotopic (exact) mass is 680 g/mol. The molecule has 4 aromatic heterocycles. The molecule has 0 aliphatic rings. The molecule has 0 aliphatic carbocycles. The lowest BCUT2D eigenvalue weighted by Gasteiger charge is -2.08. The van der Waals surface area contributed by atoms with Crippen molar-refractivity contribution in [2.24, 2.45) is 0 Å². The Balaban J connectivity index is 0.000000178. The first-order chi connectivity index (χ1) is 22.4. The van der Waals surface area contributed by atoms with Crippen molar-refractivity contribution in [3.05, 3.63) is 141 Å². The topological polar surface area (TPSA) is 112 Å². The zero-order valence-corrected chi connectivity index (χ0v) is 27.1. The second kappa shape index (κ2) is 14.1. The summed E-state index contributed by atoms with van der Waals surface area (Å²) in [6.07, 6.45) is 3.28. The molecule has 0 N–H and O–H groups in total. The van der Waals surface area contributed by atoms with E-state index in [-0.39, 0.29) is 11.1 Å². The molecule has 8 nitrogen and oxygen atoms in total. The van der Waals surface area contributed by atoms with Gasteiger partial charge >= 0.3 is 5.97 Å². The molecule has 0 aliphatic heterocycles. The van der Waals surface area contributed by atoms with Crippen LogP contribution in [0.5, 0.6) is 0 Å². The Morgan fingerprint density at radius 1 is 0.717 bits per heavy atom. The quantitative estimate of drug-likeness (QED) is 0.132. The number of rotatable bonds is 5. The fraction of sp³-hybridized carbons (Fsp3) is 0.0294. The highest BCUT2D eigenvalue weighted by molar-refractivity contribution is 7.99. The first-order valence-electron chi connectivity index (χ1n) is 13.6. The number of pyridine rings is 2. The van der Waals surface area contributed by atoms with Gasteiger partial charge in [0.25, 0.3) is 11.1 Å². The van der Waals surface area contributed by atoms with Gasteiger partial charge in [0, 0.05) is 37.8 Å². The van der Waals surface area contributed by atoms with Crippen molar-refractivity contribution in [3.8, 4) is 21.1 Å². The van der Waals surface area contributed by atoms with Crippen molar-refractivity contribution < 1.29 is 9.53 Å². The summed E-state index contributed by atoms with van der Waals surface area (Å²) in [6.45, 7) is 0. The van der Waals surface area contributed by atoms with E-state index in [2.05, 4.69) is 19.9 Å². The number of benzene rings is 3. The highest BCUT2D eigenvalue weighted by Crippen LogP contribution is 2.33. The maximum absolute atomic E-state index is 12.3. The van der Waals surface area contributed by atoms with Crippen LogP contribution in [0.2, 0.25) is 5.15 Å². The molecule has 7 rings (SSSR count). The molecule has 0 atom stereocenters. The normalized spacial score (nSPS) is 10.7. The number of carbonyl (C=O) groups is 1. The molecule has 3 aromatic carbocycles. The smallest absolute Gasteiger partial charge is 0.339 e. The Kier molecular flexibility index (Phi) is 9.55. The molecule has 4 heterocycles. The third-order valence-corrected chi connectivity index (χ3v) is 9.92. The summed E-state index contributed by atoms with van der Waals surface area (Å²) in [5.74, 6) is -0.395. The molecule has 0 unspecified atom stereocenters. The average molecular weight is 681 g/mol. The highest BCUT2D eigenvalue weighted by Gasteiger charge is 2.14. The standard InChI is InChI=1S/C21H14N2O3S2.C13H7ClN2OS/c1-26-21(25)15-7-3-5-9-17(15)27-18-12-13(10-11-22-18)20-23-19(24)14-6-2-4-8-16(14)28-20;14-11-7-8(5-6-15-11)13-16-12(17)9-3-1-2-4-10(9)18-13/h2-12H,1H3;1-7H. The van der Waals surface area contributed by atoms with Crippen LogP contribution in [-0.2, 0) is 4.74 Å². The van der Waals surface area contributed by atoms with Gasteiger partial charge in [0.15, 0.2) is 0 Å². The van der Waals surface area contributed by atoms with Gasteiger partial charge in [-0.3, -0.25) is 9.59 Å². The summed E-state index contributed by atoms with van der Waals surface area (Å²) in [5.41, 5.74) is 1.64. The molecule has 0 saturated carbocycles. The van der Waals surface area contributed by atoms with Gasteiger partial charge in [0.1, 0.15) is 20.2 Å². The molecule has 12 heteroatoms. The predicted octanol–water partition coefficient (Wildman–Crippen LogP) is 8.03. The number of aromatic nitrogens is 4. The molecule has 0 spiro atoms. The van der Waals surface area contributed by atoms with Crippen molar-refractivity contribution in [2.45, 2.75) is 9.92 Å². The van der Waals surface area contributed by atoms with Gasteiger partial charge < -0.3 is 4.74 Å². The van der Waals surface area contributed by atoms with E-state index < -0.39 is 5.97 Å². The third kappa shape index (κ3) is 7.03. The second-order valence-electron chi connectivity index (χ2n) is 9.48. The van der Waals surface area contributed by atoms with E-state index in [0.29, 0.717) is 36.5 Å². The van der Waals surface area contributed by atoms with Crippen molar-refractivity contribution >= 4 is 72.2 Å². The fourth-order valence-electron chi connectivity index (χ4n) is 4.35. The number of ether oxygens (including phenoxy) is 1. The molecule has 0 fully saturated rings. The Hall–Kier alpha value is -4.81. The van der Waals surface area contributed by atoms with E-state index in [0.717, 1.165) is 25.4 Å². The van der Waals surface area contributed by atoms with Gasteiger partial charge in [-0.1, -0.05) is 59.8 Å². The van der Waals surface area contributed by atoms with Crippen molar-refractivity contribution in [1.82, 2.24) is 19.9 Å². The predicted molar refractivity (Wildman–Crippen MR) is 185 cm³/mol. The zero-order valence-electron chi connectivity index (χ0n) is 23.9. The van der Waals surface area contributed by atoms with E-state index in [9.17, 15) is 14.4 Å². The van der Waals surface area contributed by atoms with Crippen molar-refractivity contribution in [2.75, 3.05) is 7.11 Å². The lowest BCUT2D eigenvalue weighted by atomic mass is 10.2. The molecule has 7 aromatic rings. The average Bonchev–Trinajstić information content (AvgIpc) is 3.08. The lowest BCUT2D eigenvalue weighted by molar-refractivity contribution is 0.0597. The number of fused-ring (bicyclic) bond motifs is 2. The first kappa shape index (κ1) is 31.2. The molecule has 46 heavy (non-hydrogen) atoms. The number of carbonyl (C=O) groups excluding carboxylic acids is 1. The second-order valence-corrected chi connectivity index (χ2v) is 13.0. The van der Waals surface area contributed by atoms with Gasteiger partial charge in [-0.15, -0.1) is 22.7 Å². The highest BCUT2D eigenvalue weighted by atomic mass is 35.5. The number of nitrogens with zero attached hydrogens (tertiary/aromatic N) is 4. The van der Waals surface area contributed by atoms with Crippen LogP contribution in [0, 0.1) is 0 Å². The van der Waals surface area contributed by atoms with Crippen LogP contribution in [0.25, 0.3) is 41.3 Å². The minimum atomic E-state index is -0.395. The van der Waals surface area contributed by atoms with E-state index in [1.165, 1.54) is 41.5 Å². The van der Waals surface area contributed by atoms with E-state index >= 15 is 0 Å². The van der Waals surface area contributed by atoms with Crippen LogP contribution in [0.4, 0.5) is 0 Å². The minimum absolute atomic E-state index is 0.215. The number of hydrogen-bond acceptors (Lipinski definition) is 11. The number of halogens is 1. The molecule has 0 bridgehead atoms. The maximum Gasteiger partial charge on any atom is 0.339 e. The molecular weight excluding hydrogens is 660 g/mol. The zero-order chi connectivity index (χ0) is 32.0. The number of hydrogen-bond donors (Lipinski definition) is 0. The summed E-state index contributed by atoms with van der Waals surface area (Å²) >= 11 is 10.1. The molecular formula is C34H21ClN4O4S3. The Labute approximate surface area is 279 Å². The van der Waals surface area contributed by atoms with E-state index in [1.807, 2.05) is 60.7 Å². The van der Waals surface area contributed by atoms with Gasteiger partial charge in [0.2, 0.25) is 0 Å². The van der Waals surface area contributed by atoms with Gasteiger partial charge in [0.05, 0.1) is 23.4 Å². The van der Waals surface area contributed by atoms with Crippen LogP contribution < -0.4 is 11.1 Å². The molecule has 226 valence electrons. The Morgan fingerprint density at radius 2 is 1.26 bits per heavy atom. The maximum atomic E-state index is 12.3. The van der Waals surface area contributed by atoms with Crippen LogP contribution >= 0.6 is 46.0 Å². The van der Waals surface area contributed by atoms with Crippen LogP contribution in [0.1, 0.15) is 10.4 Å². The van der Waals surface area contributed by atoms with Gasteiger partial charge in [-0.2, -0.15) is 9.97 Å². The molecule has 0 amide bonds. The summed E-state index contributed by atoms with van der Waals surface area (Å²) in [7, 11) is 1.36. The Morgan fingerprint density at radius 3 is 1.87 bits per heavy atom. The van der Waals surface area contributed by atoms with E-state index in [4.69, 9.17) is 16.3 Å². The van der Waals surface area contributed by atoms with Crippen LogP contribution in [-0.4, -0.2) is 33.0 Å². The van der Waals surface area contributed by atoms with Gasteiger partial charge in [-0.25, -0.2) is 14.8 Å². The van der Waals surface area contributed by atoms with E-state index in [1.54, 1.807) is 48.8 Å². The Bertz CT molecular complexity index is 2350. The summed E-state index contributed by atoms with van der Waals surface area (Å²) in [6, 6.07) is 29.2. The summed E-state index contributed by atoms with van der Waals surface area (Å²) < 4.78 is 6.65. The molecule has 0 saturated heterocycles. The summed E-state index contributed by atoms with van der Waals surface area (Å²) in [4.78, 5) is 53.6. The SMILES string of the molecule is COC(=O)c1ccccc1Sc1cc(-c2nc(=O)c3ccccc3s2)ccn1.O=c1nc(-c2ccnc(Cl)c2)sc2ccccc12. The first-order valence-corrected chi connectivity index (χ1v) is 16.5. The lowest BCUT2D eigenvalue weighted by Crippen LogP contribution is -2.05. The third-order valence-electron chi connectivity index (χ3n) is 6.52. The molecule has 0 radical (unpaired) electrons. The number of esters is 1. The largest absolute Gasteiger partial charge is 0.465 e. The van der Waals surface area contributed by atoms with Crippen LogP contribution in [0.15, 0.2) is 129 Å². The summed E-state index contributed by atoms with van der Waals surface area (Å²) in [5, 5.41) is 3.64. The fourth-order valence-corrected chi connectivity index (χ4v) is 7.44. The van der Waals surface area contributed by atoms with Crippen molar-refractivity contribution in [1.29, 1.82) is 0 Å². The van der Waals surface area contributed by atoms with Gasteiger partial charge in [-0.05, 0) is 60.7 Å².